The third kappa shape index (κ3) is 4.66. The van der Waals surface area contributed by atoms with Crippen LogP contribution >= 0.6 is 0 Å². The average molecular weight is 492 g/mol. The van der Waals surface area contributed by atoms with Gasteiger partial charge in [-0.25, -0.2) is 16.8 Å². The highest BCUT2D eigenvalue weighted by Gasteiger charge is 2.32. The number of hydrogen-bond acceptors (Lipinski definition) is 6. The summed E-state index contributed by atoms with van der Waals surface area (Å²) in [4.78, 5) is 26.3. The normalized spacial score (nSPS) is 18.9. The molecule has 2 aromatic carbocycles. The second-order valence-corrected chi connectivity index (χ2v) is 12.0. The SMILES string of the molecule is CC(=O)c1cccc(S(=O)(=O)N2CCN(C(=O)c3cccc(N4CCCS4(=O)=O)c3)CC2)c1. The Morgan fingerprint density at radius 1 is 0.879 bits per heavy atom. The molecule has 11 heteroatoms. The highest BCUT2D eigenvalue weighted by Crippen LogP contribution is 2.26. The maximum Gasteiger partial charge on any atom is 0.254 e. The van der Waals surface area contributed by atoms with Crippen molar-refractivity contribution in [1.29, 1.82) is 0 Å². The van der Waals surface area contributed by atoms with Crippen LogP contribution in [0.5, 0.6) is 0 Å². The predicted octanol–water partition coefficient (Wildman–Crippen LogP) is 1.58. The number of ketones is 1. The summed E-state index contributed by atoms with van der Waals surface area (Å²) in [5.74, 6) is -0.396. The van der Waals surface area contributed by atoms with Gasteiger partial charge in [0, 0.05) is 43.9 Å². The molecule has 2 saturated heterocycles. The van der Waals surface area contributed by atoms with Gasteiger partial charge in [0.1, 0.15) is 0 Å². The summed E-state index contributed by atoms with van der Waals surface area (Å²) in [5.41, 5.74) is 1.15. The molecule has 2 aliphatic heterocycles. The number of nitrogens with zero attached hydrogens (tertiary/aromatic N) is 3. The van der Waals surface area contributed by atoms with Crippen molar-refractivity contribution >= 4 is 37.4 Å². The van der Waals surface area contributed by atoms with Crippen molar-refractivity contribution in [3.05, 3.63) is 59.7 Å². The van der Waals surface area contributed by atoms with Crippen molar-refractivity contribution in [1.82, 2.24) is 9.21 Å². The number of hydrogen-bond donors (Lipinski definition) is 0. The molecule has 1 amide bonds. The summed E-state index contributed by atoms with van der Waals surface area (Å²) in [6, 6.07) is 12.5. The lowest BCUT2D eigenvalue weighted by molar-refractivity contribution is 0.0697. The molecule has 0 unspecified atom stereocenters. The van der Waals surface area contributed by atoms with Crippen LogP contribution in [0.1, 0.15) is 34.1 Å². The van der Waals surface area contributed by atoms with Crippen LogP contribution < -0.4 is 4.31 Å². The average Bonchev–Trinajstić information content (AvgIpc) is 3.17. The van der Waals surface area contributed by atoms with Gasteiger partial charge >= 0.3 is 0 Å². The van der Waals surface area contributed by atoms with E-state index in [1.165, 1.54) is 33.7 Å². The smallest absolute Gasteiger partial charge is 0.254 e. The molecule has 2 aromatic rings. The van der Waals surface area contributed by atoms with E-state index in [4.69, 9.17) is 0 Å². The Kier molecular flexibility index (Phi) is 6.30. The number of benzene rings is 2. The molecule has 0 bridgehead atoms. The van der Waals surface area contributed by atoms with Crippen LogP contribution in [0.3, 0.4) is 0 Å². The molecule has 0 N–H and O–H groups in total. The number of carbonyl (C=O) groups excluding carboxylic acids is 2. The zero-order valence-electron chi connectivity index (χ0n) is 18.2. The van der Waals surface area contributed by atoms with Gasteiger partial charge in [-0.15, -0.1) is 0 Å². The molecule has 4 rings (SSSR count). The Morgan fingerprint density at radius 3 is 2.18 bits per heavy atom. The van der Waals surface area contributed by atoms with Crippen molar-refractivity contribution in [3.63, 3.8) is 0 Å². The fourth-order valence-corrected chi connectivity index (χ4v) is 7.09. The van der Waals surface area contributed by atoms with Crippen LogP contribution in [0.4, 0.5) is 5.69 Å². The van der Waals surface area contributed by atoms with Crippen molar-refractivity contribution in [2.24, 2.45) is 0 Å². The Labute approximate surface area is 193 Å². The molecule has 0 radical (unpaired) electrons. The first kappa shape index (κ1) is 23.4. The molecule has 2 aliphatic rings. The monoisotopic (exact) mass is 491 g/mol. The Hall–Kier alpha value is -2.76. The molecular formula is C22H25N3O6S2. The van der Waals surface area contributed by atoms with E-state index in [0.717, 1.165) is 0 Å². The summed E-state index contributed by atoms with van der Waals surface area (Å²) in [6.45, 7) is 2.43. The van der Waals surface area contributed by atoms with Gasteiger partial charge in [0.25, 0.3) is 5.91 Å². The molecular weight excluding hydrogens is 466 g/mol. The van der Waals surface area contributed by atoms with Crippen LogP contribution in [-0.2, 0) is 20.0 Å². The summed E-state index contributed by atoms with van der Waals surface area (Å²) >= 11 is 0. The largest absolute Gasteiger partial charge is 0.336 e. The number of carbonyl (C=O) groups is 2. The van der Waals surface area contributed by atoms with E-state index in [-0.39, 0.29) is 48.5 Å². The van der Waals surface area contributed by atoms with E-state index >= 15 is 0 Å². The number of anilines is 1. The number of amides is 1. The molecule has 2 fully saturated rings. The number of sulfonamides is 2. The van der Waals surface area contributed by atoms with Crippen LogP contribution in [-0.4, -0.2) is 76.2 Å². The standard InChI is InChI=1S/C22H25N3O6S2/c1-17(26)18-5-3-8-21(16-18)33(30,31)24-12-10-23(11-13-24)22(27)19-6-2-7-20(15-19)25-9-4-14-32(25,28)29/h2-3,5-8,15-16H,4,9-14H2,1H3. The van der Waals surface area contributed by atoms with Crippen LogP contribution in [0.2, 0.25) is 0 Å². The first-order chi connectivity index (χ1) is 15.6. The van der Waals surface area contributed by atoms with Gasteiger partial charge in [0.05, 0.1) is 16.3 Å². The second kappa shape index (κ2) is 8.88. The third-order valence-electron chi connectivity index (χ3n) is 5.88. The van der Waals surface area contributed by atoms with Gasteiger partial charge in [-0.2, -0.15) is 4.31 Å². The first-order valence-electron chi connectivity index (χ1n) is 10.6. The van der Waals surface area contributed by atoms with Gasteiger partial charge in [-0.05, 0) is 43.7 Å². The van der Waals surface area contributed by atoms with Gasteiger partial charge in [-0.1, -0.05) is 18.2 Å². The van der Waals surface area contributed by atoms with E-state index in [2.05, 4.69) is 0 Å². The zero-order valence-corrected chi connectivity index (χ0v) is 19.8. The molecule has 0 atom stereocenters. The van der Waals surface area contributed by atoms with Crippen molar-refractivity contribution in [2.45, 2.75) is 18.2 Å². The van der Waals surface area contributed by atoms with Gasteiger partial charge < -0.3 is 4.90 Å². The lowest BCUT2D eigenvalue weighted by Gasteiger charge is -2.34. The van der Waals surface area contributed by atoms with Crippen molar-refractivity contribution in [2.75, 3.05) is 42.8 Å². The number of rotatable bonds is 5. The summed E-state index contributed by atoms with van der Waals surface area (Å²) in [5, 5.41) is 0. The molecule has 0 aliphatic carbocycles. The topological polar surface area (TPSA) is 112 Å². The minimum absolute atomic E-state index is 0.0505. The Morgan fingerprint density at radius 2 is 1.55 bits per heavy atom. The van der Waals surface area contributed by atoms with Gasteiger partial charge in [-0.3, -0.25) is 13.9 Å². The third-order valence-corrected chi connectivity index (χ3v) is 9.65. The van der Waals surface area contributed by atoms with Crippen molar-refractivity contribution in [3.8, 4) is 0 Å². The zero-order chi connectivity index (χ0) is 23.8. The van der Waals surface area contributed by atoms with Crippen LogP contribution in [0.15, 0.2) is 53.4 Å². The lowest BCUT2D eigenvalue weighted by Crippen LogP contribution is -2.50. The highest BCUT2D eigenvalue weighted by molar-refractivity contribution is 7.93. The molecule has 0 spiro atoms. The Balaban J connectivity index is 1.46. The predicted molar refractivity (Wildman–Crippen MR) is 123 cm³/mol. The minimum atomic E-state index is -3.79. The summed E-state index contributed by atoms with van der Waals surface area (Å²) in [7, 11) is -7.14. The van der Waals surface area contributed by atoms with E-state index < -0.39 is 20.0 Å². The fraction of sp³-hybridized carbons (Fsp3) is 0.364. The number of piperazine rings is 1. The first-order valence-corrected chi connectivity index (χ1v) is 13.7. The molecule has 0 aromatic heterocycles. The summed E-state index contributed by atoms with van der Waals surface area (Å²) in [6.07, 6.45) is 0.548. The molecule has 9 nitrogen and oxygen atoms in total. The fourth-order valence-electron chi connectivity index (χ4n) is 4.06. The van der Waals surface area contributed by atoms with Gasteiger partial charge in [0.15, 0.2) is 5.78 Å². The van der Waals surface area contributed by atoms with Gasteiger partial charge in [0.2, 0.25) is 20.0 Å². The van der Waals surface area contributed by atoms with Crippen LogP contribution in [0, 0.1) is 0 Å². The second-order valence-electron chi connectivity index (χ2n) is 8.07. The molecule has 33 heavy (non-hydrogen) atoms. The molecule has 2 heterocycles. The Bertz CT molecular complexity index is 1300. The van der Waals surface area contributed by atoms with E-state index in [1.807, 2.05) is 0 Å². The van der Waals surface area contributed by atoms with E-state index in [9.17, 15) is 26.4 Å². The minimum Gasteiger partial charge on any atom is -0.336 e. The van der Waals surface area contributed by atoms with E-state index in [1.54, 1.807) is 35.2 Å². The summed E-state index contributed by atoms with van der Waals surface area (Å²) < 4.78 is 53.1. The van der Waals surface area contributed by atoms with E-state index in [0.29, 0.717) is 29.8 Å². The molecule has 0 saturated carbocycles. The lowest BCUT2D eigenvalue weighted by atomic mass is 10.1. The molecule has 176 valence electrons. The number of Topliss-reactive ketones (excluding diaryl/α,β-unsaturated/α-hetero) is 1. The maximum absolute atomic E-state index is 13.0. The highest BCUT2D eigenvalue weighted by atomic mass is 32.2. The van der Waals surface area contributed by atoms with Crippen molar-refractivity contribution < 1.29 is 26.4 Å². The maximum atomic E-state index is 13.0. The van der Waals surface area contributed by atoms with Crippen LogP contribution in [0.25, 0.3) is 0 Å². The quantitative estimate of drug-likeness (QED) is 0.587.